The van der Waals surface area contributed by atoms with Crippen molar-refractivity contribution in [2.75, 3.05) is 26.1 Å². The molecule has 0 aliphatic rings. The van der Waals surface area contributed by atoms with Gasteiger partial charge in [-0.15, -0.1) is 0 Å². The third kappa shape index (κ3) is 4.05. The van der Waals surface area contributed by atoms with Gasteiger partial charge in [0.25, 0.3) is 0 Å². The third-order valence-electron chi connectivity index (χ3n) is 3.14. The van der Waals surface area contributed by atoms with Gasteiger partial charge >= 0.3 is 0 Å². The van der Waals surface area contributed by atoms with E-state index in [9.17, 15) is 0 Å². The van der Waals surface area contributed by atoms with Crippen LogP contribution in [0.25, 0.3) is 0 Å². The van der Waals surface area contributed by atoms with Crippen LogP contribution in [0.3, 0.4) is 0 Å². The fourth-order valence-electron chi connectivity index (χ4n) is 2.03. The highest BCUT2D eigenvalue weighted by atomic mass is 16.5. The molecule has 2 rings (SSSR count). The van der Waals surface area contributed by atoms with Crippen LogP contribution in [0.15, 0.2) is 42.5 Å². The molecule has 0 aliphatic carbocycles. The molecule has 21 heavy (non-hydrogen) atoms. The van der Waals surface area contributed by atoms with Crippen molar-refractivity contribution < 1.29 is 14.2 Å². The molecule has 0 heterocycles. The minimum Gasteiger partial charge on any atom is -0.497 e. The van der Waals surface area contributed by atoms with Gasteiger partial charge in [0.15, 0.2) is 0 Å². The van der Waals surface area contributed by atoms with Gasteiger partial charge in [0.2, 0.25) is 0 Å². The highest BCUT2D eigenvalue weighted by Gasteiger charge is 2.05. The summed E-state index contributed by atoms with van der Waals surface area (Å²) in [6, 6.07) is 13.7. The summed E-state index contributed by atoms with van der Waals surface area (Å²) in [6.07, 6.45) is 0. The number of anilines is 1. The molecule has 0 bridgehead atoms. The zero-order valence-corrected chi connectivity index (χ0v) is 12.7. The van der Waals surface area contributed by atoms with Crippen molar-refractivity contribution >= 4 is 5.69 Å². The molecule has 112 valence electrons. The molecular formula is C17H21NO3. The molecule has 0 atom stereocenters. The van der Waals surface area contributed by atoms with Crippen LogP contribution in [0.5, 0.6) is 17.2 Å². The molecule has 4 nitrogen and oxygen atoms in total. The number of hydrogen-bond donors (Lipinski definition) is 1. The van der Waals surface area contributed by atoms with Gasteiger partial charge in [0.1, 0.15) is 17.2 Å². The Hall–Kier alpha value is -2.36. The normalized spacial score (nSPS) is 10.0. The van der Waals surface area contributed by atoms with E-state index in [4.69, 9.17) is 14.2 Å². The van der Waals surface area contributed by atoms with Gasteiger partial charge in [-0.05, 0) is 43.3 Å². The summed E-state index contributed by atoms with van der Waals surface area (Å²) < 4.78 is 16.0. The molecule has 0 aromatic heterocycles. The maximum absolute atomic E-state index is 5.42. The van der Waals surface area contributed by atoms with Crippen LogP contribution in [-0.4, -0.2) is 20.8 Å². The van der Waals surface area contributed by atoms with Crippen molar-refractivity contribution in [3.8, 4) is 17.2 Å². The lowest BCUT2D eigenvalue weighted by atomic mass is 10.2. The first-order valence-electron chi connectivity index (χ1n) is 6.94. The maximum Gasteiger partial charge on any atom is 0.127 e. The van der Waals surface area contributed by atoms with Crippen LogP contribution in [0, 0.1) is 0 Å². The Morgan fingerprint density at radius 1 is 0.905 bits per heavy atom. The molecule has 1 N–H and O–H groups in total. The Morgan fingerprint density at radius 3 is 2.24 bits per heavy atom. The second kappa shape index (κ2) is 7.43. The number of benzene rings is 2. The van der Waals surface area contributed by atoms with E-state index in [1.54, 1.807) is 14.2 Å². The summed E-state index contributed by atoms with van der Waals surface area (Å²) in [5, 5.41) is 3.37. The van der Waals surface area contributed by atoms with Crippen molar-refractivity contribution in [1.82, 2.24) is 0 Å². The second-order valence-electron chi connectivity index (χ2n) is 4.49. The molecule has 2 aromatic carbocycles. The standard InChI is InChI=1S/C17H21NO3/c1-4-21-15-9-6-14(7-10-15)18-12-13-5-8-16(19-2)11-17(13)20-3/h5-11,18H,4,12H2,1-3H3. The topological polar surface area (TPSA) is 39.7 Å². The monoisotopic (exact) mass is 287 g/mol. The van der Waals surface area contributed by atoms with E-state index in [1.807, 2.05) is 49.4 Å². The van der Waals surface area contributed by atoms with Crippen molar-refractivity contribution in [3.63, 3.8) is 0 Å². The molecule has 0 saturated heterocycles. The van der Waals surface area contributed by atoms with Gasteiger partial charge in [0, 0.05) is 23.9 Å². The number of methoxy groups -OCH3 is 2. The molecule has 0 fully saturated rings. The van der Waals surface area contributed by atoms with Crippen molar-refractivity contribution in [2.45, 2.75) is 13.5 Å². The molecular weight excluding hydrogens is 266 g/mol. The minimum absolute atomic E-state index is 0.676. The molecule has 0 saturated carbocycles. The van der Waals surface area contributed by atoms with E-state index in [0.29, 0.717) is 13.2 Å². The second-order valence-corrected chi connectivity index (χ2v) is 4.49. The van der Waals surface area contributed by atoms with Gasteiger partial charge in [-0.2, -0.15) is 0 Å². The average molecular weight is 287 g/mol. The predicted molar refractivity (Wildman–Crippen MR) is 84.5 cm³/mol. The number of ether oxygens (including phenoxy) is 3. The third-order valence-corrected chi connectivity index (χ3v) is 3.14. The van der Waals surface area contributed by atoms with Gasteiger partial charge in [-0.3, -0.25) is 0 Å². The Bertz CT molecular complexity index is 567. The quantitative estimate of drug-likeness (QED) is 0.842. The van der Waals surface area contributed by atoms with Crippen LogP contribution in [-0.2, 0) is 6.54 Å². The summed E-state index contributed by atoms with van der Waals surface area (Å²) in [5.74, 6) is 2.48. The van der Waals surface area contributed by atoms with Crippen molar-refractivity contribution in [1.29, 1.82) is 0 Å². The highest BCUT2D eigenvalue weighted by Crippen LogP contribution is 2.25. The summed E-state index contributed by atoms with van der Waals surface area (Å²) >= 11 is 0. The highest BCUT2D eigenvalue weighted by molar-refractivity contribution is 5.48. The fraction of sp³-hybridized carbons (Fsp3) is 0.294. The Labute approximate surface area is 125 Å². The van der Waals surface area contributed by atoms with E-state index < -0.39 is 0 Å². The predicted octanol–water partition coefficient (Wildman–Crippen LogP) is 3.71. The van der Waals surface area contributed by atoms with Gasteiger partial charge < -0.3 is 19.5 Å². The number of rotatable bonds is 7. The first kappa shape index (κ1) is 15.0. The minimum atomic E-state index is 0.676. The number of nitrogens with one attached hydrogen (secondary N) is 1. The summed E-state index contributed by atoms with van der Waals surface area (Å²) in [6.45, 7) is 3.33. The summed E-state index contributed by atoms with van der Waals surface area (Å²) in [7, 11) is 3.31. The lowest BCUT2D eigenvalue weighted by molar-refractivity contribution is 0.340. The summed E-state index contributed by atoms with van der Waals surface area (Å²) in [5.41, 5.74) is 2.11. The van der Waals surface area contributed by atoms with Gasteiger partial charge in [-0.1, -0.05) is 0 Å². The van der Waals surface area contributed by atoms with Crippen LogP contribution >= 0.6 is 0 Å². The van der Waals surface area contributed by atoms with Crippen LogP contribution < -0.4 is 19.5 Å². The van der Waals surface area contributed by atoms with E-state index in [-0.39, 0.29) is 0 Å². The Kier molecular flexibility index (Phi) is 5.32. The van der Waals surface area contributed by atoms with E-state index in [0.717, 1.165) is 28.5 Å². The van der Waals surface area contributed by atoms with Crippen molar-refractivity contribution in [3.05, 3.63) is 48.0 Å². The molecule has 0 aliphatic heterocycles. The molecule has 2 aromatic rings. The van der Waals surface area contributed by atoms with Crippen LogP contribution in [0.2, 0.25) is 0 Å². The first-order valence-corrected chi connectivity index (χ1v) is 6.94. The molecule has 0 spiro atoms. The lowest BCUT2D eigenvalue weighted by Crippen LogP contribution is -2.02. The molecule has 4 heteroatoms. The summed E-state index contributed by atoms with van der Waals surface area (Å²) in [4.78, 5) is 0. The largest absolute Gasteiger partial charge is 0.497 e. The van der Waals surface area contributed by atoms with Crippen LogP contribution in [0.4, 0.5) is 5.69 Å². The van der Waals surface area contributed by atoms with Crippen molar-refractivity contribution in [2.24, 2.45) is 0 Å². The lowest BCUT2D eigenvalue weighted by Gasteiger charge is -2.12. The Balaban J connectivity index is 2.02. The smallest absolute Gasteiger partial charge is 0.127 e. The van der Waals surface area contributed by atoms with Gasteiger partial charge in [0.05, 0.1) is 20.8 Å². The maximum atomic E-state index is 5.42. The zero-order valence-electron chi connectivity index (χ0n) is 12.7. The zero-order chi connectivity index (χ0) is 15.1. The van der Waals surface area contributed by atoms with Gasteiger partial charge in [-0.25, -0.2) is 0 Å². The van der Waals surface area contributed by atoms with Crippen LogP contribution in [0.1, 0.15) is 12.5 Å². The van der Waals surface area contributed by atoms with E-state index >= 15 is 0 Å². The molecule has 0 amide bonds. The molecule has 0 unspecified atom stereocenters. The Morgan fingerprint density at radius 2 is 1.62 bits per heavy atom. The average Bonchev–Trinajstić information content (AvgIpc) is 2.54. The fourth-order valence-corrected chi connectivity index (χ4v) is 2.03. The van der Waals surface area contributed by atoms with E-state index in [1.165, 1.54) is 0 Å². The SMILES string of the molecule is CCOc1ccc(NCc2ccc(OC)cc2OC)cc1. The van der Waals surface area contributed by atoms with E-state index in [2.05, 4.69) is 5.32 Å². The number of hydrogen-bond acceptors (Lipinski definition) is 4. The first-order chi connectivity index (χ1) is 10.3. The molecule has 0 radical (unpaired) electrons.